The van der Waals surface area contributed by atoms with Crippen LogP contribution in [0.3, 0.4) is 0 Å². The smallest absolute Gasteiger partial charge is 0.241 e. The average Bonchev–Trinajstić information content (AvgIpc) is 2.75. The number of rotatable bonds is 9. The lowest BCUT2D eigenvalue weighted by Crippen LogP contribution is -2.50. The normalized spacial score (nSPS) is 19.3. The molecule has 6 nitrogen and oxygen atoms in total. The van der Waals surface area contributed by atoms with Crippen LogP contribution in [-0.2, 0) is 16.0 Å². The van der Waals surface area contributed by atoms with Gasteiger partial charge in [0.15, 0.2) is 5.96 Å². The number of methoxy groups -OCH3 is 1. The van der Waals surface area contributed by atoms with Crippen LogP contribution in [-0.4, -0.2) is 63.7 Å². The van der Waals surface area contributed by atoms with Crippen LogP contribution in [0.25, 0.3) is 0 Å². The highest BCUT2D eigenvalue weighted by atomic mass is 16.5. The minimum Gasteiger partial charge on any atom is -0.385 e. The van der Waals surface area contributed by atoms with Gasteiger partial charge >= 0.3 is 0 Å². The lowest BCUT2D eigenvalue weighted by Gasteiger charge is -2.42. The van der Waals surface area contributed by atoms with Crippen molar-refractivity contribution in [3.05, 3.63) is 35.9 Å². The maximum Gasteiger partial charge on any atom is 0.241 e. The summed E-state index contributed by atoms with van der Waals surface area (Å²) in [4.78, 5) is 18.9. The number of carbonyl (C=O) groups excluding carboxylic acids is 1. The number of guanidine groups is 1. The zero-order valence-electron chi connectivity index (χ0n) is 18.7. The number of carbonyl (C=O) groups is 1. The number of hydrogen-bond acceptors (Lipinski definition) is 3. The molecule has 0 atom stereocenters. The van der Waals surface area contributed by atoms with E-state index in [2.05, 4.69) is 46.0 Å². The van der Waals surface area contributed by atoms with Crippen LogP contribution in [0.2, 0.25) is 0 Å². The highest BCUT2D eigenvalue weighted by molar-refractivity contribution is 5.86. The first-order valence-corrected chi connectivity index (χ1v) is 11.4. The van der Waals surface area contributed by atoms with Crippen molar-refractivity contribution < 1.29 is 9.53 Å². The van der Waals surface area contributed by atoms with Crippen LogP contribution in [0.5, 0.6) is 0 Å². The Balaban J connectivity index is 1.36. The monoisotopic (exact) mass is 414 g/mol. The molecule has 2 fully saturated rings. The molecule has 1 heterocycles. The molecule has 0 unspecified atom stereocenters. The van der Waals surface area contributed by atoms with Gasteiger partial charge in [-0.05, 0) is 55.4 Å². The van der Waals surface area contributed by atoms with Gasteiger partial charge in [0.2, 0.25) is 5.91 Å². The van der Waals surface area contributed by atoms with Crippen molar-refractivity contribution in [1.82, 2.24) is 15.5 Å². The fourth-order valence-electron chi connectivity index (χ4n) is 4.61. The quantitative estimate of drug-likeness (QED) is 0.482. The minimum atomic E-state index is 0.161. The van der Waals surface area contributed by atoms with E-state index in [9.17, 15) is 4.79 Å². The molecule has 1 aliphatic heterocycles. The third kappa shape index (κ3) is 6.46. The summed E-state index contributed by atoms with van der Waals surface area (Å²) in [6, 6.07) is 10.7. The Morgan fingerprint density at radius 1 is 1.20 bits per heavy atom. The molecule has 1 amide bonds. The molecule has 1 aliphatic carbocycles. The summed E-state index contributed by atoms with van der Waals surface area (Å²) in [5.41, 5.74) is 1.71. The number of benzene rings is 1. The number of likely N-dealkylation sites (tertiary alicyclic amines) is 1. The molecular formula is C24H38N4O2. The van der Waals surface area contributed by atoms with Gasteiger partial charge in [-0.15, -0.1) is 0 Å². The third-order valence-electron chi connectivity index (χ3n) is 6.85. The van der Waals surface area contributed by atoms with Gasteiger partial charge in [-0.25, -0.2) is 0 Å². The molecule has 3 rings (SSSR count). The van der Waals surface area contributed by atoms with Crippen molar-refractivity contribution in [2.45, 2.75) is 44.9 Å². The summed E-state index contributed by atoms with van der Waals surface area (Å²) < 4.78 is 5.27. The summed E-state index contributed by atoms with van der Waals surface area (Å²) >= 11 is 0. The molecule has 1 saturated carbocycles. The van der Waals surface area contributed by atoms with Crippen LogP contribution in [0.1, 0.15) is 44.1 Å². The molecule has 1 aromatic rings. The number of piperidine rings is 1. The van der Waals surface area contributed by atoms with Crippen LogP contribution in [0.4, 0.5) is 0 Å². The van der Waals surface area contributed by atoms with E-state index < -0.39 is 0 Å². The number of aliphatic imine (C=N–C) groups is 1. The van der Waals surface area contributed by atoms with Gasteiger partial charge in [0.05, 0.1) is 6.54 Å². The maximum atomic E-state index is 12.7. The molecule has 0 radical (unpaired) electrons. The highest BCUT2D eigenvalue weighted by Gasteiger charge is 2.36. The summed E-state index contributed by atoms with van der Waals surface area (Å²) in [5, 5.41) is 6.64. The number of nitrogens with zero attached hydrogens (tertiary/aromatic N) is 2. The van der Waals surface area contributed by atoms with Crippen LogP contribution < -0.4 is 10.6 Å². The molecule has 30 heavy (non-hydrogen) atoms. The average molecular weight is 415 g/mol. The van der Waals surface area contributed by atoms with Gasteiger partial charge < -0.3 is 20.3 Å². The van der Waals surface area contributed by atoms with Gasteiger partial charge in [0.1, 0.15) is 0 Å². The van der Waals surface area contributed by atoms with E-state index in [0.717, 1.165) is 51.9 Å². The Hall–Kier alpha value is -2.08. The fraction of sp³-hybridized carbons (Fsp3) is 0.667. The van der Waals surface area contributed by atoms with Gasteiger partial charge in [-0.1, -0.05) is 36.8 Å². The maximum absolute atomic E-state index is 12.7. The van der Waals surface area contributed by atoms with Gasteiger partial charge in [0, 0.05) is 40.4 Å². The molecule has 1 aromatic carbocycles. The molecule has 0 spiro atoms. The van der Waals surface area contributed by atoms with Crippen molar-refractivity contribution in [3.8, 4) is 0 Å². The number of ether oxygens (including phenoxy) is 1. The van der Waals surface area contributed by atoms with Crippen LogP contribution in [0, 0.1) is 11.3 Å². The predicted molar refractivity (Wildman–Crippen MR) is 122 cm³/mol. The molecule has 0 bridgehead atoms. The van der Waals surface area contributed by atoms with Gasteiger partial charge in [0.25, 0.3) is 0 Å². The molecule has 2 aliphatic rings. The molecule has 2 N–H and O–H groups in total. The van der Waals surface area contributed by atoms with E-state index in [-0.39, 0.29) is 5.91 Å². The molecule has 6 heteroatoms. The van der Waals surface area contributed by atoms with Crippen molar-refractivity contribution in [1.29, 1.82) is 0 Å². The van der Waals surface area contributed by atoms with Crippen LogP contribution in [0.15, 0.2) is 35.3 Å². The Morgan fingerprint density at radius 3 is 2.53 bits per heavy atom. The van der Waals surface area contributed by atoms with Gasteiger partial charge in [-0.3, -0.25) is 9.79 Å². The summed E-state index contributed by atoms with van der Waals surface area (Å²) in [6.07, 6.45) is 8.10. The lowest BCUT2D eigenvalue weighted by molar-refractivity contribution is -0.131. The third-order valence-corrected chi connectivity index (χ3v) is 6.85. The first-order valence-electron chi connectivity index (χ1n) is 11.4. The second-order valence-corrected chi connectivity index (χ2v) is 8.89. The van der Waals surface area contributed by atoms with Crippen molar-refractivity contribution >= 4 is 11.9 Å². The first-order chi connectivity index (χ1) is 14.6. The summed E-state index contributed by atoms with van der Waals surface area (Å²) in [6.45, 7) is 3.68. The molecule has 1 saturated heterocycles. The zero-order valence-corrected chi connectivity index (χ0v) is 18.7. The molecular weight excluding hydrogens is 376 g/mol. The Kier molecular flexibility index (Phi) is 8.55. The van der Waals surface area contributed by atoms with E-state index in [1.165, 1.54) is 24.8 Å². The standard InChI is InChI=1S/C24H38N4O2/c1-25-23(27-19-24(11-6-12-24)13-16-30-2)26-18-22(29)28-14-9-21(10-15-28)17-20-7-4-3-5-8-20/h3-5,7-8,21H,6,9-19H2,1-2H3,(H2,25,26,27). The second-order valence-electron chi connectivity index (χ2n) is 8.89. The number of amides is 1. The van der Waals surface area contributed by atoms with Crippen molar-refractivity contribution in [2.24, 2.45) is 16.3 Å². The lowest BCUT2D eigenvalue weighted by atomic mass is 9.67. The minimum absolute atomic E-state index is 0.161. The summed E-state index contributed by atoms with van der Waals surface area (Å²) in [5.74, 6) is 1.55. The highest BCUT2D eigenvalue weighted by Crippen LogP contribution is 2.43. The number of nitrogens with one attached hydrogen (secondary N) is 2. The Labute approximate surface area is 181 Å². The zero-order chi connectivity index (χ0) is 21.2. The SMILES string of the molecule is CN=C(NCC(=O)N1CCC(Cc2ccccc2)CC1)NCC1(CCOC)CCC1. The van der Waals surface area contributed by atoms with E-state index in [0.29, 0.717) is 23.8 Å². The molecule has 166 valence electrons. The van der Waals surface area contributed by atoms with E-state index in [4.69, 9.17) is 4.74 Å². The topological polar surface area (TPSA) is 66.0 Å². The second kappa shape index (κ2) is 11.3. The van der Waals surface area contributed by atoms with E-state index in [1.54, 1.807) is 14.2 Å². The number of hydrogen-bond donors (Lipinski definition) is 2. The van der Waals surface area contributed by atoms with Crippen molar-refractivity contribution in [3.63, 3.8) is 0 Å². The van der Waals surface area contributed by atoms with Gasteiger partial charge in [-0.2, -0.15) is 0 Å². The Morgan fingerprint density at radius 2 is 1.93 bits per heavy atom. The largest absolute Gasteiger partial charge is 0.385 e. The van der Waals surface area contributed by atoms with Crippen molar-refractivity contribution in [2.75, 3.05) is 46.9 Å². The fourth-order valence-corrected chi connectivity index (χ4v) is 4.61. The Bertz CT molecular complexity index is 680. The van der Waals surface area contributed by atoms with Crippen LogP contribution >= 0.6 is 0 Å². The summed E-state index contributed by atoms with van der Waals surface area (Å²) in [7, 11) is 3.52. The van der Waals surface area contributed by atoms with E-state index in [1.807, 2.05) is 4.90 Å². The first kappa shape index (κ1) is 22.6. The van der Waals surface area contributed by atoms with E-state index >= 15 is 0 Å². The molecule has 0 aromatic heterocycles. The predicted octanol–water partition coefficient (Wildman–Crippen LogP) is 2.84.